The molecular formula is C29H42N2O3S. The number of nitrogens with zero attached hydrogens (tertiary/aromatic N) is 2. The highest BCUT2D eigenvalue weighted by atomic mass is 32.1. The number of hydrogen-bond acceptors (Lipinski definition) is 6. The van der Waals surface area contributed by atoms with Gasteiger partial charge in [0.25, 0.3) is 0 Å². The summed E-state index contributed by atoms with van der Waals surface area (Å²) < 4.78 is 1.16. The van der Waals surface area contributed by atoms with E-state index >= 15 is 0 Å². The van der Waals surface area contributed by atoms with E-state index in [2.05, 4.69) is 25.8 Å². The number of hydrogen-bond donors (Lipinski definition) is 3. The molecule has 4 aliphatic carbocycles. The minimum atomic E-state index is -0.313. The molecule has 6 heteroatoms. The first-order valence-electron chi connectivity index (χ1n) is 14.0. The van der Waals surface area contributed by atoms with Crippen LogP contribution in [0, 0.1) is 46.3 Å². The lowest BCUT2D eigenvalue weighted by molar-refractivity contribution is -0.207. The molecule has 2 heterocycles. The molecule has 0 saturated heterocycles. The largest absolute Gasteiger partial charge is 0.393 e. The van der Waals surface area contributed by atoms with Gasteiger partial charge in [-0.1, -0.05) is 20.8 Å². The zero-order chi connectivity index (χ0) is 24.5. The van der Waals surface area contributed by atoms with Crippen LogP contribution in [0.25, 0.3) is 10.2 Å². The summed E-state index contributed by atoms with van der Waals surface area (Å²) in [6.07, 6.45) is 11.6. The van der Waals surface area contributed by atoms with Gasteiger partial charge in [0.1, 0.15) is 0 Å². The van der Waals surface area contributed by atoms with Gasteiger partial charge < -0.3 is 15.3 Å². The van der Waals surface area contributed by atoms with Gasteiger partial charge >= 0.3 is 0 Å². The normalized spacial score (nSPS) is 46.1. The van der Waals surface area contributed by atoms with Crippen molar-refractivity contribution in [3.05, 3.63) is 23.5 Å². The van der Waals surface area contributed by atoms with Crippen molar-refractivity contribution < 1.29 is 15.3 Å². The summed E-state index contributed by atoms with van der Waals surface area (Å²) in [4.78, 5) is 9.05. The van der Waals surface area contributed by atoms with E-state index in [1.807, 2.05) is 18.5 Å². The number of aliphatic hydroxyl groups is 3. The van der Waals surface area contributed by atoms with Crippen molar-refractivity contribution >= 4 is 21.6 Å². The van der Waals surface area contributed by atoms with E-state index in [1.165, 1.54) is 5.01 Å². The van der Waals surface area contributed by atoms with E-state index in [-0.39, 0.29) is 35.1 Å². The summed E-state index contributed by atoms with van der Waals surface area (Å²) >= 11 is 1.76. The van der Waals surface area contributed by atoms with Gasteiger partial charge in [0.2, 0.25) is 0 Å². The number of pyridine rings is 1. The molecule has 4 fully saturated rings. The fourth-order valence-corrected chi connectivity index (χ4v) is 10.6. The molecule has 6 rings (SSSR count). The maximum atomic E-state index is 11.8. The van der Waals surface area contributed by atoms with Gasteiger partial charge in [0, 0.05) is 12.4 Å². The lowest BCUT2D eigenvalue weighted by Gasteiger charge is -2.63. The number of aryl methyl sites for hydroxylation is 1. The first-order chi connectivity index (χ1) is 16.7. The van der Waals surface area contributed by atoms with E-state index in [0.29, 0.717) is 29.6 Å². The van der Waals surface area contributed by atoms with E-state index in [9.17, 15) is 15.3 Å². The van der Waals surface area contributed by atoms with Crippen LogP contribution in [-0.2, 0) is 6.42 Å². The molecule has 1 unspecified atom stereocenters. The molecule has 35 heavy (non-hydrogen) atoms. The lowest BCUT2D eigenvalue weighted by Crippen LogP contribution is -2.62. The van der Waals surface area contributed by atoms with Gasteiger partial charge in [0.05, 0.1) is 33.5 Å². The summed E-state index contributed by atoms with van der Waals surface area (Å²) in [5, 5.41) is 34.7. The Labute approximate surface area is 213 Å². The summed E-state index contributed by atoms with van der Waals surface area (Å²) in [6.45, 7) is 7.13. The predicted octanol–water partition coefficient (Wildman–Crippen LogP) is 5.22. The van der Waals surface area contributed by atoms with Gasteiger partial charge in [-0.15, -0.1) is 11.3 Å². The average molecular weight is 499 g/mol. The molecule has 5 nitrogen and oxygen atoms in total. The Morgan fingerprint density at radius 3 is 2.71 bits per heavy atom. The third kappa shape index (κ3) is 3.72. The third-order valence-electron chi connectivity index (χ3n) is 11.6. The molecule has 4 saturated carbocycles. The Hall–Kier alpha value is -1.08. The Bertz CT molecular complexity index is 1040. The van der Waals surface area contributed by atoms with Crippen molar-refractivity contribution in [3.63, 3.8) is 0 Å². The zero-order valence-electron chi connectivity index (χ0n) is 21.4. The number of aliphatic hydroxyl groups excluding tert-OH is 3. The van der Waals surface area contributed by atoms with Crippen LogP contribution >= 0.6 is 11.3 Å². The van der Waals surface area contributed by atoms with E-state index in [1.54, 1.807) is 11.3 Å². The Morgan fingerprint density at radius 2 is 1.91 bits per heavy atom. The topological polar surface area (TPSA) is 86.5 Å². The molecule has 0 amide bonds. The van der Waals surface area contributed by atoms with Gasteiger partial charge in [-0.2, -0.15) is 0 Å². The second kappa shape index (κ2) is 8.75. The highest BCUT2D eigenvalue weighted by molar-refractivity contribution is 7.18. The molecular weight excluding hydrogens is 456 g/mol. The van der Waals surface area contributed by atoms with Gasteiger partial charge in [-0.05, 0) is 110 Å². The van der Waals surface area contributed by atoms with Crippen LogP contribution in [0.5, 0.6) is 0 Å². The fraction of sp³-hybridized carbons (Fsp3) is 0.793. The van der Waals surface area contributed by atoms with Crippen LogP contribution < -0.4 is 0 Å². The molecule has 0 spiro atoms. The predicted molar refractivity (Wildman–Crippen MR) is 139 cm³/mol. The monoisotopic (exact) mass is 498 g/mol. The second-order valence-electron chi connectivity index (χ2n) is 13.0. The maximum Gasteiger partial charge on any atom is 0.0939 e. The summed E-state index contributed by atoms with van der Waals surface area (Å²) in [6, 6.07) is 1.99. The molecule has 3 N–H and O–H groups in total. The molecule has 2 aromatic heterocycles. The van der Waals surface area contributed by atoms with Gasteiger partial charge in [-0.25, -0.2) is 4.98 Å². The summed E-state index contributed by atoms with van der Waals surface area (Å²) in [7, 11) is 0. The minimum absolute atomic E-state index is 0.129. The number of rotatable bonds is 4. The lowest BCUT2D eigenvalue weighted by atomic mass is 9.43. The molecule has 11 atom stereocenters. The van der Waals surface area contributed by atoms with Crippen molar-refractivity contribution in [1.82, 2.24) is 9.97 Å². The first kappa shape index (κ1) is 24.3. The first-order valence-corrected chi connectivity index (χ1v) is 14.8. The molecule has 4 aliphatic rings. The molecule has 0 bridgehead atoms. The fourth-order valence-electron chi connectivity index (χ4n) is 9.62. The highest BCUT2D eigenvalue weighted by Crippen LogP contribution is 2.68. The SMILES string of the molecule is CC(CCc1nc2ccncc2s1)[C@H]1CC[C@H]2[C@@H]3[C@H](O)C[C@@H]4C[C@H](O)CC[C@]4(C)[C@H]3C[C@H](O)[C@]12C. The van der Waals surface area contributed by atoms with Crippen LogP contribution in [0.3, 0.4) is 0 Å². The average Bonchev–Trinajstić information content (AvgIpc) is 3.41. The number of fused-ring (bicyclic) bond motifs is 6. The van der Waals surface area contributed by atoms with E-state index < -0.39 is 0 Å². The van der Waals surface area contributed by atoms with Crippen LogP contribution in [0.4, 0.5) is 0 Å². The smallest absolute Gasteiger partial charge is 0.0939 e. The Balaban J connectivity index is 1.21. The van der Waals surface area contributed by atoms with Crippen molar-refractivity contribution in [3.8, 4) is 0 Å². The quantitative estimate of drug-likeness (QED) is 0.538. The van der Waals surface area contributed by atoms with Crippen LogP contribution in [0.2, 0.25) is 0 Å². The maximum absolute atomic E-state index is 11.8. The van der Waals surface area contributed by atoms with E-state index in [4.69, 9.17) is 4.98 Å². The highest BCUT2D eigenvalue weighted by Gasteiger charge is 2.65. The van der Waals surface area contributed by atoms with Crippen molar-refractivity contribution in [1.29, 1.82) is 0 Å². The minimum Gasteiger partial charge on any atom is -0.393 e. The molecule has 0 radical (unpaired) electrons. The van der Waals surface area contributed by atoms with Crippen LogP contribution in [0.15, 0.2) is 18.5 Å². The summed E-state index contributed by atoms with van der Waals surface area (Å²) in [5.41, 5.74) is 1.05. The zero-order valence-corrected chi connectivity index (χ0v) is 22.3. The number of aromatic nitrogens is 2. The molecule has 2 aromatic rings. The van der Waals surface area contributed by atoms with E-state index in [0.717, 1.165) is 68.0 Å². The second-order valence-corrected chi connectivity index (χ2v) is 14.1. The van der Waals surface area contributed by atoms with Crippen LogP contribution in [0.1, 0.15) is 77.1 Å². The number of thiazole rings is 1. The summed E-state index contributed by atoms with van der Waals surface area (Å²) in [5.74, 6) is 2.40. The molecule has 192 valence electrons. The Kier molecular flexibility index (Phi) is 6.07. The van der Waals surface area contributed by atoms with Gasteiger partial charge in [0.15, 0.2) is 0 Å². The Morgan fingerprint density at radius 1 is 1.09 bits per heavy atom. The molecule has 0 aromatic carbocycles. The van der Waals surface area contributed by atoms with Crippen LogP contribution in [-0.4, -0.2) is 43.6 Å². The molecule has 0 aliphatic heterocycles. The standard InChI is InChI=1S/C29H42N2O3S/c1-16(4-7-26-31-22-9-11-30-15-24(22)35-26)19-5-6-20-27-21(14-25(34)29(19,20)3)28(2)10-8-18(32)12-17(28)13-23(27)33/h9,11,15-21,23,25,27,32-34H,4-8,10,12-14H2,1-3H3/t16?,17-,18+,19+,20-,21-,23+,25-,27-,28-,29+/m0/s1. The van der Waals surface area contributed by atoms with Crippen molar-refractivity contribution in [2.45, 2.75) is 96.9 Å². The van der Waals surface area contributed by atoms with Crippen molar-refractivity contribution in [2.24, 2.45) is 46.3 Å². The van der Waals surface area contributed by atoms with Gasteiger partial charge in [-0.3, -0.25) is 4.98 Å². The van der Waals surface area contributed by atoms with Crippen molar-refractivity contribution in [2.75, 3.05) is 0 Å². The third-order valence-corrected chi connectivity index (χ3v) is 12.6.